The summed E-state index contributed by atoms with van der Waals surface area (Å²) in [6.45, 7) is 0.226. The van der Waals surface area contributed by atoms with Crippen molar-refractivity contribution in [1.29, 1.82) is 0 Å². The first-order chi connectivity index (χ1) is 11.1. The van der Waals surface area contributed by atoms with Crippen LogP contribution in [0.25, 0.3) is 0 Å². The highest BCUT2D eigenvalue weighted by Crippen LogP contribution is 2.33. The molecule has 1 N–H and O–H groups in total. The number of rotatable bonds is 3. The van der Waals surface area contributed by atoms with Gasteiger partial charge in [-0.15, -0.1) is 0 Å². The van der Waals surface area contributed by atoms with Crippen molar-refractivity contribution < 1.29 is 19.4 Å². The second kappa shape index (κ2) is 5.53. The van der Waals surface area contributed by atoms with E-state index in [2.05, 4.69) is 0 Å². The number of hydrogen-bond donors (Lipinski definition) is 1. The van der Waals surface area contributed by atoms with Crippen molar-refractivity contribution in [2.24, 2.45) is 0 Å². The Bertz CT molecular complexity index is 617. The molecule has 1 aliphatic carbocycles. The van der Waals surface area contributed by atoms with E-state index in [0.29, 0.717) is 17.9 Å². The molecule has 2 saturated heterocycles. The lowest BCUT2D eigenvalue weighted by atomic mass is 10.2. The third-order valence-electron chi connectivity index (χ3n) is 4.90. The van der Waals surface area contributed by atoms with E-state index >= 15 is 0 Å². The van der Waals surface area contributed by atoms with Gasteiger partial charge in [0.25, 0.3) is 5.91 Å². The van der Waals surface area contributed by atoms with Crippen LogP contribution in [0.2, 0.25) is 0 Å². The monoisotopic (exact) mass is 316 g/mol. The Morgan fingerprint density at radius 3 is 2.70 bits per heavy atom. The molecule has 3 fully saturated rings. The van der Waals surface area contributed by atoms with Crippen molar-refractivity contribution in [2.45, 2.75) is 50.4 Å². The molecule has 6 heteroatoms. The summed E-state index contributed by atoms with van der Waals surface area (Å²) < 4.78 is 5.95. The molecule has 3 aliphatic rings. The Morgan fingerprint density at radius 2 is 1.96 bits per heavy atom. The molecule has 0 aromatic heterocycles. The Kier molecular flexibility index (Phi) is 3.49. The van der Waals surface area contributed by atoms with Crippen LogP contribution in [-0.2, 0) is 4.79 Å². The van der Waals surface area contributed by atoms with Gasteiger partial charge < -0.3 is 14.7 Å². The highest BCUT2D eigenvalue weighted by atomic mass is 16.5. The Hall–Kier alpha value is -2.08. The van der Waals surface area contributed by atoms with Crippen molar-refractivity contribution >= 4 is 17.6 Å². The highest BCUT2D eigenvalue weighted by Gasteiger charge is 2.50. The van der Waals surface area contributed by atoms with E-state index in [9.17, 15) is 14.7 Å². The van der Waals surface area contributed by atoms with Gasteiger partial charge in [-0.05, 0) is 37.8 Å². The number of amides is 3. The maximum Gasteiger partial charge on any atom is 0.332 e. The molecule has 1 aromatic carbocycles. The lowest BCUT2D eigenvalue weighted by molar-refractivity contribution is -0.119. The SMILES string of the molecule is O=C1[C@@H]2C[C@@H](O)CN2C(=O)N1c1cccc(OC2CCCC2)c1. The Labute approximate surface area is 134 Å². The summed E-state index contributed by atoms with van der Waals surface area (Å²) >= 11 is 0. The number of ether oxygens (including phenoxy) is 1. The van der Waals surface area contributed by atoms with Gasteiger partial charge in [0.05, 0.1) is 17.9 Å². The largest absolute Gasteiger partial charge is 0.490 e. The number of carbonyl (C=O) groups excluding carboxylic acids is 2. The summed E-state index contributed by atoms with van der Waals surface area (Å²) in [5.41, 5.74) is 0.541. The number of aliphatic hydroxyl groups excluding tert-OH is 1. The number of fused-ring (bicyclic) bond motifs is 1. The van der Waals surface area contributed by atoms with Gasteiger partial charge in [-0.1, -0.05) is 6.07 Å². The van der Waals surface area contributed by atoms with Gasteiger partial charge in [0, 0.05) is 19.0 Å². The average Bonchev–Trinajstić information content (AvgIpc) is 3.21. The van der Waals surface area contributed by atoms with Gasteiger partial charge in [-0.25, -0.2) is 9.69 Å². The van der Waals surface area contributed by atoms with Gasteiger partial charge in [0.15, 0.2) is 0 Å². The zero-order valence-corrected chi connectivity index (χ0v) is 12.9. The standard InChI is InChI=1S/C17H20N2O4/c20-12-9-15-16(21)19(17(22)18(15)10-12)11-4-3-7-14(8-11)23-13-5-1-2-6-13/h3-4,7-8,12-13,15,20H,1-2,5-6,9-10H2/t12-,15+/m1/s1. The summed E-state index contributed by atoms with van der Waals surface area (Å²) in [4.78, 5) is 27.7. The van der Waals surface area contributed by atoms with Crippen LogP contribution in [-0.4, -0.2) is 46.7 Å². The predicted octanol–water partition coefficient (Wildman–Crippen LogP) is 1.91. The van der Waals surface area contributed by atoms with Gasteiger partial charge in [-0.2, -0.15) is 0 Å². The quantitative estimate of drug-likeness (QED) is 0.865. The van der Waals surface area contributed by atoms with Crippen molar-refractivity contribution in [1.82, 2.24) is 4.90 Å². The summed E-state index contributed by atoms with van der Waals surface area (Å²) in [6.07, 6.45) is 4.43. The van der Waals surface area contributed by atoms with Crippen LogP contribution in [0.5, 0.6) is 5.75 Å². The number of aliphatic hydroxyl groups is 1. The van der Waals surface area contributed by atoms with Gasteiger partial charge in [0.1, 0.15) is 11.8 Å². The lowest BCUT2D eigenvalue weighted by Gasteiger charge is -2.18. The minimum Gasteiger partial charge on any atom is -0.490 e. The van der Waals surface area contributed by atoms with E-state index in [1.807, 2.05) is 6.07 Å². The first-order valence-corrected chi connectivity index (χ1v) is 8.23. The molecule has 0 radical (unpaired) electrons. The third kappa shape index (κ3) is 2.47. The predicted molar refractivity (Wildman–Crippen MR) is 83.3 cm³/mol. The molecule has 3 amide bonds. The molecular weight excluding hydrogens is 296 g/mol. The number of nitrogens with zero attached hydrogens (tertiary/aromatic N) is 2. The van der Waals surface area contributed by atoms with E-state index in [0.717, 1.165) is 12.8 Å². The fourth-order valence-corrected chi connectivity index (χ4v) is 3.76. The molecule has 6 nitrogen and oxygen atoms in total. The van der Waals surface area contributed by atoms with Gasteiger partial charge in [0.2, 0.25) is 0 Å². The lowest BCUT2D eigenvalue weighted by Crippen LogP contribution is -2.35. The molecule has 2 aliphatic heterocycles. The summed E-state index contributed by atoms with van der Waals surface area (Å²) in [5.74, 6) is 0.437. The molecular formula is C17H20N2O4. The normalized spacial score (nSPS) is 27.9. The van der Waals surface area contributed by atoms with Crippen molar-refractivity contribution in [3.05, 3.63) is 24.3 Å². The number of benzene rings is 1. The van der Waals surface area contributed by atoms with Crippen LogP contribution in [0.4, 0.5) is 10.5 Å². The topological polar surface area (TPSA) is 70.1 Å². The maximum atomic E-state index is 12.5. The molecule has 0 bridgehead atoms. The van der Waals surface area contributed by atoms with Crippen LogP contribution >= 0.6 is 0 Å². The molecule has 2 atom stereocenters. The minimum absolute atomic E-state index is 0.226. The molecule has 1 saturated carbocycles. The highest BCUT2D eigenvalue weighted by molar-refractivity contribution is 6.21. The minimum atomic E-state index is -0.605. The van der Waals surface area contributed by atoms with Crippen molar-refractivity contribution in [3.8, 4) is 5.75 Å². The first kappa shape index (κ1) is 14.5. The number of hydrogen-bond acceptors (Lipinski definition) is 4. The zero-order valence-electron chi connectivity index (χ0n) is 12.9. The molecule has 0 spiro atoms. The zero-order chi connectivity index (χ0) is 16.0. The molecule has 23 heavy (non-hydrogen) atoms. The van der Waals surface area contributed by atoms with E-state index in [-0.39, 0.29) is 24.6 Å². The van der Waals surface area contributed by atoms with Gasteiger partial charge in [-0.3, -0.25) is 4.79 Å². The summed E-state index contributed by atoms with van der Waals surface area (Å²) in [7, 11) is 0. The van der Waals surface area contributed by atoms with Crippen LogP contribution in [0, 0.1) is 0 Å². The molecule has 2 heterocycles. The molecule has 4 rings (SSSR count). The van der Waals surface area contributed by atoms with Crippen LogP contribution in [0.3, 0.4) is 0 Å². The molecule has 1 aromatic rings. The number of carbonyl (C=O) groups is 2. The Morgan fingerprint density at radius 1 is 1.17 bits per heavy atom. The average molecular weight is 316 g/mol. The molecule has 122 valence electrons. The fraction of sp³-hybridized carbons (Fsp3) is 0.529. The van der Waals surface area contributed by atoms with E-state index in [1.165, 1.54) is 22.6 Å². The van der Waals surface area contributed by atoms with Crippen LogP contribution < -0.4 is 9.64 Å². The van der Waals surface area contributed by atoms with Crippen LogP contribution in [0.1, 0.15) is 32.1 Å². The second-order valence-electron chi connectivity index (χ2n) is 6.54. The van der Waals surface area contributed by atoms with Crippen LogP contribution in [0.15, 0.2) is 24.3 Å². The van der Waals surface area contributed by atoms with E-state index in [1.54, 1.807) is 18.2 Å². The van der Waals surface area contributed by atoms with Crippen molar-refractivity contribution in [3.63, 3.8) is 0 Å². The second-order valence-corrected chi connectivity index (χ2v) is 6.54. The Balaban J connectivity index is 1.56. The maximum absolute atomic E-state index is 12.5. The van der Waals surface area contributed by atoms with E-state index in [4.69, 9.17) is 4.74 Å². The third-order valence-corrected chi connectivity index (χ3v) is 4.90. The summed E-state index contributed by atoms with van der Waals surface area (Å²) in [5, 5.41) is 9.65. The summed E-state index contributed by atoms with van der Waals surface area (Å²) in [6, 6.07) is 6.28. The number of urea groups is 1. The first-order valence-electron chi connectivity index (χ1n) is 8.23. The van der Waals surface area contributed by atoms with Crippen molar-refractivity contribution in [2.75, 3.05) is 11.4 Å². The number of anilines is 1. The number of imide groups is 1. The van der Waals surface area contributed by atoms with E-state index < -0.39 is 12.1 Å². The van der Waals surface area contributed by atoms with Gasteiger partial charge >= 0.3 is 6.03 Å². The fourth-order valence-electron chi connectivity index (χ4n) is 3.76. The smallest absolute Gasteiger partial charge is 0.332 e. The molecule has 0 unspecified atom stereocenters.